The summed E-state index contributed by atoms with van der Waals surface area (Å²) in [5.41, 5.74) is 0.486. The molecule has 2 heterocycles. The van der Waals surface area contributed by atoms with Crippen LogP contribution < -0.4 is 0 Å². The van der Waals surface area contributed by atoms with E-state index in [1.165, 1.54) is 4.90 Å². The number of nitrogens with one attached hydrogen (secondary N) is 1. The van der Waals surface area contributed by atoms with Crippen LogP contribution in [0.2, 0.25) is 0 Å². The summed E-state index contributed by atoms with van der Waals surface area (Å²) in [7, 11) is 1.59. The number of hydrogen-bond acceptors (Lipinski definition) is 3. The minimum absolute atomic E-state index is 0.0339. The predicted octanol–water partition coefficient (Wildman–Crippen LogP) is 2.55. The lowest BCUT2D eigenvalue weighted by molar-refractivity contribution is -0.133. The molecule has 1 saturated heterocycles. The van der Waals surface area contributed by atoms with Gasteiger partial charge in [0.15, 0.2) is 0 Å². The number of aromatic amines is 1. The molecule has 0 aliphatic carbocycles. The number of nitrogens with zero attached hydrogens (tertiary/aromatic N) is 2. The molecule has 1 atom stereocenters. The first kappa shape index (κ1) is 16.4. The topological polar surface area (TPSA) is 65.6 Å². The molecule has 1 N–H and O–H groups in total. The van der Waals surface area contributed by atoms with Gasteiger partial charge in [0.05, 0.1) is 6.04 Å². The van der Waals surface area contributed by atoms with Crippen LogP contribution in [-0.2, 0) is 9.53 Å². The van der Waals surface area contributed by atoms with Gasteiger partial charge in [0, 0.05) is 25.5 Å². The smallest absolute Gasteiger partial charge is 0.410 e. The summed E-state index contributed by atoms with van der Waals surface area (Å²) >= 11 is 0. The number of carbonyl (C=O) groups excluding carboxylic acids is 2. The molecule has 1 unspecified atom stereocenters. The molecular weight excluding hydrogens is 282 g/mol. The zero-order valence-electron chi connectivity index (χ0n) is 13.8. The molecule has 0 bridgehead atoms. The second kappa shape index (κ2) is 6.42. The first-order valence-corrected chi connectivity index (χ1v) is 7.65. The van der Waals surface area contributed by atoms with Crippen molar-refractivity contribution in [3.05, 3.63) is 24.0 Å². The van der Waals surface area contributed by atoms with E-state index >= 15 is 0 Å². The second-order valence-electron chi connectivity index (χ2n) is 6.71. The van der Waals surface area contributed by atoms with Crippen molar-refractivity contribution < 1.29 is 14.3 Å². The van der Waals surface area contributed by atoms with Crippen LogP contribution in [0.1, 0.15) is 45.3 Å². The van der Waals surface area contributed by atoms with E-state index in [2.05, 4.69) is 4.98 Å². The number of aromatic nitrogens is 1. The Labute approximate surface area is 131 Å². The average molecular weight is 307 g/mol. The van der Waals surface area contributed by atoms with Crippen molar-refractivity contribution in [2.75, 3.05) is 20.1 Å². The van der Waals surface area contributed by atoms with E-state index in [4.69, 9.17) is 4.74 Å². The summed E-state index contributed by atoms with van der Waals surface area (Å²) in [4.78, 5) is 30.8. The third kappa shape index (κ3) is 4.02. The molecule has 122 valence electrons. The highest BCUT2D eigenvalue weighted by Gasteiger charge is 2.32. The number of rotatable bonds is 3. The van der Waals surface area contributed by atoms with Crippen molar-refractivity contribution in [1.29, 1.82) is 0 Å². The van der Waals surface area contributed by atoms with Crippen molar-refractivity contribution in [2.24, 2.45) is 0 Å². The number of H-pyrrole nitrogens is 1. The van der Waals surface area contributed by atoms with E-state index in [9.17, 15) is 9.59 Å². The maximum atomic E-state index is 12.5. The third-order valence-corrected chi connectivity index (χ3v) is 3.63. The Balaban J connectivity index is 1.95. The van der Waals surface area contributed by atoms with E-state index in [-0.39, 0.29) is 18.5 Å². The largest absolute Gasteiger partial charge is 0.444 e. The van der Waals surface area contributed by atoms with Crippen molar-refractivity contribution in [2.45, 2.75) is 45.3 Å². The number of likely N-dealkylation sites (tertiary alicyclic amines) is 1. The zero-order valence-corrected chi connectivity index (χ0v) is 13.8. The maximum Gasteiger partial charge on any atom is 0.410 e. The fourth-order valence-corrected chi connectivity index (χ4v) is 2.64. The molecule has 0 saturated carbocycles. The molecule has 1 aliphatic rings. The summed E-state index contributed by atoms with van der Waals surface area (Å²) in [5.74, 6) is -0.0505. The van der Waals surface area contributed by atoms with Crippen LogP contribution in [0.4, 0.5) is 4.79 Å². The summed E-state index contributed by atoms with van der Waals surface area (Å²) in [6.07, 6.45) is 3.31. The molecule has 0 aromatic carbocycles. The molecule has 0 radical (unpaired) electrons. The van der Waals surface area contributed by atoms with Gasteiger partial charge in [-0.25, -0.2) is 4.79 Å². The van der Waals surface area contributed by atoms with Gasteiger partial charge in [-0.3, -0.25) is 4.79 Å². The van der Waals surface area contributed by atoms with Gasteiger partial charge in [-0.1, -0.05) is 0 Å². The lowest BCUT2D eigenvalue weighted by Crippen LogP contribution is -2.42. The normalized spacial score (nSPS) is 18.4. The van der Waals surface area contributed by atoms with Gasteiger partial charge in [-0.15, -0.1) is 0 Å². The van der Waals surface area contributed by atoms with Crippen molar-refractivity contribution in [1.82, 2.24) is 14.8 Å². The summed E-state index contributed by atoms with van der Waals surface area (Å²) in [6.45, 7) is 6.18. The Morgan fingerprint density at radius 3 is 2.77 bits per heavy atom. The van der Waals surface area contributed by atoms with Gasteiger partial charge >= 0.3 is 6.09 Å². The minimum atomic E-state index is -0.561. The quantitative estimate of drug-likeness (QED) is 0.933. The molecule has 1 aromatic rings. The van der Waals surface area contributed by atoms with Crippen molar-refractivity contribution >= 4 is 12.0 Å². The molecule has 2 rings (SSSR count). The highest BCUT2D eigenvalue weighted by molar-refractivity contribution is 5.82. The highest BCUT2D eigenvalue weighted by atomic mass is 16.6. The molecule has 22 heavy (non-hydrogen) atoms. The Hall–Kier alpha value is -1.98. The Bertz CT molecular complexity index is 519. The molecule has 6 heteroatoms. The van der Waals surface area contributed by atoms with Gasteiger partial charge in [-0.2, -0.15) is 0 Å². The third-order valence-electron chi connectivity index (χ3n) is 3.63. The highest BCUT2D eigenvalue weighted by Crippen LogP contribution is 2.30. The van der Waals surface area contributed by atoms with Crippen LogP contribution in [-0.4, -0.2) is 52.5 Å². The molecular formula is C16H25N3O3. The van der Waals surface area contributed by atoms with Crippen LogP contribution in [0.25, 0.3) is 0 Å². The fraction of sp³-hybridized carbons (Fsp3) is 0.625. The van der Waals surface area contributed by atoms with Crippen LogP contribution in [0.3, 0.4) is 0 Å². The Kier molecular flexibility index (Phi) is 4.78. The first-order valence-electron chi connectivity index (χ1n) is 7.65. The average Bonchev–Trinajstić information content (AvgIpc) is 3.07. The Morgan fingerprint density at radius 1 is 1.45 bits per heavy atom. The summed E-state index contributed by atoms with van der Waals surface area (Å²) in [5, 5.41) is 0. The van der Waals surface area contributed by atoms with Crippen molar-refractivity contribution in [3.8, 4) is 0 Å². The lowest BCUT2D eigenvalue weighted by Gasteiger charge is -2.28. The van der Waals surface area contributed by atoms with Gasteiger partial charge < -0.3 is 19.5 Å². The first-order chi connectivity index (χ1) is 10.3. The van der Waals surface area contributed by atoms with E-state index in [1.54, 1.807) is 7.05 Å². The number of hydrogen-bond donors (Lipinski definition) is 1. The summed E-state index contributed by atoms with van der Waals surface area (Å²) in [6, 6.07) is 4.01. The van der Waals surface area contributed by atoms with E-state index in [0.717, 1.165) is 25.1 Å². The second-order valence-corrected chi connectivity index (χ2v) is 6.71. The monoisotopic (exact) mass is 307 g/mol. The fourth-order valence-electron chi connectivity index (χ4n) is 2.64. The number of ether oxygens (including phenoxy) is 1. The molecule has 2 amide bonds. The SMILES string of the molecule is CN(CC(=O)N1CCCC1c1ccc[nH]1)C(=O)OC(C)(C)C. The van der Waals surface area contributed by atoms with Crippen molar-refractivity contribution in [3.63, 3.8) is 0 Å². The molecule has 6 nitrogen and oxygen atoms in total. The van der Waals surface area contributed by atoms with Gasteiger partial charge in [0.1, 0.15) is 12.1 Å². The number of carbonyl (C=O) groups is 2. The van der Waals surface area contributed by atoms with Crippen LogP contribution in [0, 0.1) is 0 Å². The molecule has 1 fully saturated rings. The van der Waals surface area contributed by atoms with Crippen LogP contribution >= 0.6 is 0 Å². The zero-order chi connectivity index (χ0) is 16.3. The predicted molar refractivity (Wildman–Crippen MR) is 83.3 cm³/mol. The molecule has 0 spiro atoms. The van der Waals surface area contributed by atoms with Gasteiger partial charge in [-0.05, 0) is 45.7 Å². The van der Waals surface area contributed by atoms with Crippen LogP contribution in [0.5, 0.6) is 0 Å². The minimum Gasteiger partial charge on any atom is -0.444 e. The maximum absolute atomic E-state index is 12.5. The number of likely N-dealkylation sites (N-methyl/N-ethyl adjacent to an activating group) is 1. The van der Waals surface area contributed by atoms with Gasteiger partial charge in [0.2, 0.25) is 5.91 Å². The van der Waals surface area contributed by atoms with E-state index in [1.807, 2.05) is 44.0 Å². The Morgan fingerprint density at radius 2 is 2.18 bits per heavy atom. The standard InChI is InChI=1S/C16H25N3O3/c1-16(2,3)22-15(21)18(4)11-14(20)19-10-6-8-13(19)12-7-5-9-17-12/h5,7,9,13,17H,6,8,10-11H2,1-4H3. The van der Waals surface area contributed by atoms with Gasteiger partial charge in [0.25, 0.3) is 0 Å². The molecule has 1 aliphatic heterocycles. The van der Waals surface area contributed by atoms with E-state index < -0.39 is 11.7 Å². The van der Waals surface area contributed by atoms with Crippen LogP contribution in [0.15, 0.2) is 18.3 Å². The summed E-state index contributed by atoms with van der Waals surface area (Å²) < 4.78 is 5.27. The number of amides is 2. The molecule has 1 aromatic heterocycles. The van der Waals surface area contributed by atoms with E-state index in [0.29, 0.717) is 0 Å². The lowest BCUT2D eigenvalue weighted by atomic mass is 10.1.